The van der Waals surface area contributed by atoms with Gasteiger partial charge in [-0.15, -0.1) is 11.3 Å². The highest BCUT2D eigenvalue weighted by atomic mass is 32.1. The number of amides is 1. The molecule has 2 rings (SSSR count). The first-order valence-electron chi connectivity index (χ1n) is 5.62. The standard InChI is InChI=1S/C12H15NO3S/c1-8-2-4-11(17-8)10(15)3-5-12(16)13-6-9(14)7-13/h2,4,9,14H,3,5-7H2,1H3. The topological polar surface area (TPSA) is 57.6 Å². The van der Waals surface area contributed by atoms with E-state index in [0.717, 1.165) is 9.75 Å². The van der Waals surface area contributed by atoms with Crippen molar-refractivity contribution in [2.24, 2.45) is 0 Å². The lowest BCUT2D eigenvalue weighted by atomic mass is 10.1. The van der Waals surface area contributed by atoms with Crippen molar-refractivity contribution in [1.29, 1.82) is 0 Å². The Labute approximate surface area is 104 Å². The summed E-state index contributed by atoms with van der Waals surface area (Å²) in [6.07, 6.45) is 0.114. The van der Waals surface area contributed by atoms with Gasteiger partial charge in [0.15, 0.2) is 5.78 Å². The van der Waals surface area contributed by atoms with Crippen molar-refractivity contribution in [1.82, 2.24) is 4.90 Å². The Morgan fingerprint density at radius 3 is 2.65 bits per heavy atom. The van der Waals surface area contributed by atoms with Crippen LogP contribution >= 0.6 is 11.3 Å². The quantitative estimate of drug-likeness (QED) is 0.821. The number of β-amino-alcohol motifs (C(OH)–C–C–N with tert-alkyl or cyclic N) is 1. The molecule has 1 amide bonds. The molecule has 5 heteroatoms. The second-order valence-corrected chi connectivity index (χ2v) is 5.57. The summed E-state index contributed by atoms with van der Waals surface area (Å²) in [4.78, 5) is 26.7. The van der Waals surface area contributed by atoms with Gasteiger partial charge in [-0.05, 0) is 19.1 Å². The third kappa shape index (κ3) is 2.92. The molecule has 0 spiro atoms. The largest absolute Gasteiger partial charge is 0.389 e. The summed E-state index contributed by atoms with van der Waals surface area (Å²) in [6.45, 7) is 2.77. The van der Waals surface area contributed by atoms with Gasteiger partial charge in [0.1, 0.15) is 0 Å². The molecule has 4 nitrogen and oxygen atoms in total. The first-order chi connectivity index (χ1) is 8.06. The molecule has 1 aliphatic heterocycles. The summed E-state index contributed by atoms with van der Waals surface area (Å²) >= 11 is 1.46. The van der Waals surface area contributed by atoms with Crippen molar-refractivity contribution in [2.45, 2.75) is 25.9 Å². The van der Waals surface area contributed by atoms with Crippen molar-refractivity contribution >= 4 is 23.0 Å². The first kappa shape index (κ1) is 12.3. The Balaban J connectivity index is 1.78. The van der Waals surface area contributed by atoms with E-state index in [9.17, 15) is 9.59 Å². The van der Waals surface area contributed by atoms with Gasteiger partial charge in [-0.2, -0.15) is 0 Å². The second-order valence-electron chi connectivity index (χ2n) is 4.29. The third-order valence-corrected chi connectivity index (χ3v) is 3.84. The SMILES string of the molecule is Cc1ccc(C(=O)CCC(=O)N2CC(O)C2)s1. The van der Waals surface area contributed by atoms with Crippen LogP contribution < -0.4 is 0 Å². The fourth-order valence-corrected chi connectivity index (χ4v) is 2.58. The summed E-state index contributed by atoms with van der Waals surface area (Å²) in [5, 5.41) is 9.07. The molecule has 1 aliphatic rings. The van der Waals surface area contributed by atoms with Gasteiger partial charge in [0.2, 0.25) is 5.91 Å². The maximum absolute atomic E-state index is 11.7. The van der Waals surface area contributed by atoms with Crippen molar-refractivity contribution < 1.29 is 14.7 Å². The van der Waals surface area contributed by atoms with Gasteiger partial charge in [-0.25, -0.2) is 0 Å². The van der Waals surface area contributed by atoms with E-state index in [4.69, 9.17) is 5.11 Å². The zero-order chi connectivity index (χ0) is 12.4. The fraction of sp³-hybridized carbons (Fsp3) is 0.500. The molecule has 1 fully saturated rings. The van der Waals surface area contributed by atoms with Crippen LogP contribution in [0.2, 0.25) is 0 Å². The average Bonchev–Trinajstić information content (AvgIpc) is 2.68. The predicted molar refractivity (Wildman–Crippen MR) is 65.2 cm³/mol. The van der Waals surface area contributed by atoms with Gasteiger partial charge in [-0.1, -0.05) is 0 Å². The van der Waals surface area contributed by atoms with Gasteiger partial charge in [0.25, 0.3) is 0 Å². The van der Waals surface area contributed by atoms with Crippen LogP contribution in [0.4, 0.5) is 0 Å². The number of rotatable bonds is 4. The highest BCUT2D eigenvalue weighted by molar-refractivity contribution is 7.14. The first-order valence-corrected chi connectivity index (χ1v) is 6.43. The van der Waals surface area contributed by atoms with E-state index < -0.39 is 0 Å². The molecule has 1 aromatic rings. The number of carbonyl (C=O) groups is 2. The zero-order valence-electron chi connectivity index (χ0n) is 9.68. The Morgan fingerprint density at radius 1 is 1.41 bits per heavy atom. The van der Waals surface area contributed by atoms with Crippen molar-refractivity contribution in [2.75, 3.05) is 13.1 Å². The number of aliphatic hydroxyl groups excluding tert-OH is 1. The molecule has 92 valence electrons. The maximum atomic E-state index is 11.7. The second kappa shape index (κ2) is 4.98. The van der Waals surface area contributed by atoms with Crippen LogP contribution in [0.5, 0.6) is 0 Å². The summed E-state index contributed by atoms with van der Waals surface area (Å²) < 4.78 is 0. The molecular formula is C12H15NO3S. The number of thiophene rings is 1. The Bertz CT molecular complexity index is 435. The highest BCUT2D eigenvalue weighted by Crippen LogP contribution is 2.18. The summed E-state index contributed by atoms with van der Waals surface area (Å²) in [5.41, 5.74) is 0. The number of aliphatic hydroxyl groups is 1. The van der Waals surface area contributed by atoms with Crippen molar-refractivity contribution in [3.63, 3.8) is 0 Å². The molecular weight excluding hydrogens is 238 g/mol. The molecule has 1 N–H and O–H groups in total. The van der Waals surface area contributed by atoms with E-state index in [0.29, 0.717) is 13.1 Å². The summed E-state index contributed by atoms with van der Waals surface area (Å²) in [5.74, 6) is -0.0190. The number of hydrogen-bond acceptors (Lipinski definition) is 4. The number of likely N-dealkylation sites (tertiary alicyclic amines) is 1. The van der Waals surface area contributed by atoms with Gasteiger partial charge < -0.3 is 10.0 Å². The van der Waals surface area contributed by atoms with E-state index in [1.54, 1.807) is 11.0 Å². The Hall–Kier alpha value is -1.20. The van der Waals surface area contributed by atoms with E-state index >= 15 is 0 Å². The predicted octanol–water partition coefficient (Wildman–Crippen LogP) is 1.22. The Kier molecular flexibility index (Phi) is 3.59. The minimum Gasteiger partial charge on any atom is -0.389 e. The highest BCUT2D eigenvalue weighted by Gasteiger charge is 2.28. The fourth-order valence-electron chi connectivity index (χ4n) is 1.75. The average molecular weight is 253 g/mol. The van der Waals surface area contributed by atoms with Crippen molar-refractivity contribution in [3.8, 4) is 0 Å². The number of nitrogens with zero attached hydrogens (tertiary/aromatic N) is 1. The molecule has 0 radical (unpaired) electrons. The minimum absolute atomic E-state index is 0.0255. The molecule has 1 aromatic heterocycles. The molecule has 0 aliphatic carbocycles. The zero-order valence-corrected chi connectivity index (χ0v) is 10.5. The van der Waals surface area contributed by atoms with Gasteiger partial charge in [0, 0.05) is 30.8 Å². The number of carbonyl (C=O) groups excluding carboxylic acids is 2. The van der Waals surface area contributed by atoms with Crippen molar-refractivity contribution in [3.05, 3.63) is 21.9 Å². The number of Topliss-reactive ketones (excluding diaryl/α,β-unsaturated/α-hetero) is 1. The van der Waals surface area contributed by atoms with Crippen LogP contribution in [0.1, 0.15) is 27.4 Å². The normalized spacial score (nSPS) is 15.8. The Morgan fingerprint density at radius 2 is 2.12 bits per heavy atom. The third-order valence-electron chi connectivity index (χ3n) is 2.80. The number of hydrogen-bond donors (Lipinski definition) is 1. The van der Waals surface area contributed by atoms with Crippen LogP contribution in [-0.4, -0.2) is 40.9 Å². The number of ketones is 1. The lowest BCUT2D eigenvalue weighted by molar-refractivity contribution is -0.141. The molecule has 0 saturated carbocycles. The van der Waals surface area contributed by atoms with Crippen LogP contribution in [0, 0.1) is 6.92 Å². The van der Waals surface area contributed by atoms with E-state index in [1.165, 1.54) is 11.3 Å². The molecule has 0 aromatic carbocycles. The van der Waals surface area contributed by atoms with Crippen LogP contribution in [0.25, 0.3) is 0 Å². The van der Waals surface area contributed by atoms with E-state index in [1.807, 2.05) is 13.0 Å². The summed E-state index contributed by atoms with van der Waals surface area (Å²) in [7, 11) is 0. The number of aryl methyl sites for hydroxylation is 1. The van der Waals surface area contributed by atoms with E-state index in [2.05, 4.69) is 0 Å². The van der Waals surface area contributed by atoms with E-state index in [-0.39, 0.29) is 30.6 Å². The minimum atomic E-state index is -0.380. The monoisotopic (exact) mass is 253 g/mol. The lowest BCUT2D eigenvalue weighted by Crippen LogP contribution is -2.53. The van der Waals surface area contributed by atoms with Crippen LogP contribution in [0.3, 0.4) is 0 Å². The maximum Gasteiger partial charge on any atom is 0.223 e. The van der Waals surface area contributed by atoms with Crippen LogP contribution in [0.15, 0.2) is 12.1 Å². The van der Waals surface area contributed by atoms with Gasteiger partial charge in [-0.3, -0.25) is 9.59 Å². The lowest BCUT2D eigenvalue weighted by Gasteiger charge is -2.35. The molecule has 1 saturated heterocycles. The van der Waals surface area contributed by atoms with Gasteiger partial charge >= 0.3 is 0 Å². The molecule has 2 heterocycles. The molecule has 0 unspecified atom stereocenters. The van der Waals surface area contributed by atoms with Gasteiger partial charge in [0.05, 0.1) is 11.0 Å². The molecule has 17 heavy (non-hydrogen) atoms. The summed E-state index contributed by atoms with van der Waals surface area (Å²) in [6, 6.07) is 3.71. The molecule has 0 atom stereocenters. The van der Waals surface area contributed by atoms with Crippen LogP contribution in [-0.2, 0) is 4.79 Å². The smallest absolute Gasteiger partial charge is 0.223 e. The molecule has 0 bridgehead atoms.